The van der Waals surface area contributed by atoms with Gasteiger partial charge >= 0.3 is 0 Å². The van der Waals surface area contributed by atoms with Crippen LogP contribution in [-0.2, 0) is 0 Å². The second-order valence-electron chi connectivity index (χ2n) is 9.15. The van der Waals surface area contributed by atoms with E-state index < -0.39 is 0 Å². The Morgan fingerprint density at radius 1 is 1.10 bits per heavy atom. The quantitative estimate of drug-likeness (QED) is 0.629. The summed E-state index contributed by atoms with van der Waals surface area (Å²) in [4.78, 5) is 15.2. The lowest BCUT2D eigenvalue weighted by atomic mass is 9.86. The fourth-order valence-corrected chi connectivity index (χ4v) is 4.28. The molecule has 1 saturated carbocycles. The molecule has 2 fully saturated rings. The largest absolute Gasteiger partial charge is 0.397 e. The maximum absolute atomic E-state index is 12.5. The number of carbonyl (C=O) groups excluding carboxylic acids is 1. The van der Waals surface area contributed by atoms with E-state index in [2.05, 4.69) is 29.4 Å². The average molecular weight is 393 g/mol. The van der Waals surface area contributed by atoms with E-state index in [0.717, 1.165) is 31.0 Å². The van der Waals surface area contributed by atoms with E-state index in [1.165, 1.54) is 19.4 Å². The van der Waals surface area contributed by atoms with Crippen LogP contribution in [0, 0.1) is 5.92 Å². The molecule has 0 aromatic heterocycles. The van der Waals surface area contributed by atoms with Gasteiger partial charge in [-0.1, -0.05) is 12.1 Å². The molecule has 2 aromatic carbocycles. The highest BCUT2D eigenvalue weighted by molar-refractivity contribution is 6.05. The number of rotatable bonds is 6. The summed E-state index contributed by atoms with van der Waals surface area (Å²) in [5, 5.41) is 6.55. The van der Waals surface area contributed by atoms with Crippen LogP contribution in [0.5, 0.6) is 0 Å². The van der Waals surface area contributed by atoms with Gasteiger partial charge in [-0.3, -0.25) is 9.69 Å². The van der Waals surface area contributed by atoms with Crippen LogP contribution in [0.1, 0.15) is 49.9 Å². The normalized spacial score (nSPS) is 21.5. The number of hydrogen-bond donors (Lipinski definition) is 3. The highest BCUT2D eigenvalue weighted by Crippen LogP contribution is 2.36. The predicted molar refractivity (Wildman–Crippen MR) is 120 cm³/mol. The number of nitrogens with one attached hydrogen (secondary N) is 2. The summed E-state index contributed by atoms with van der Waals surface area (Å²) in [6, 6.07) is 15.5. The van der Waals surface area contributed by atoms with E-state index in [9.17, 15) is 4.79 Å². The summed E-state index contributed by atoms with van der Waals surface area (Å²) in [6.45, 7) is 7.15. The Morgan fingerprint density at radius 3 is 2.48 bits per heavy atom. The third-order valence-corrected chi connectivity index (χ3v) is 6.25. The monoisotopic (exact) mass is 392 g/mol. The zero-order chi connectivity index (χ0) is 20.4. The van der Waals surface area contributed by atoms with Crippen LogP contribution in [0.25, 0.3) is 0 Å². The predicted octanol–water partition coefficient (Wildman–Crippen LogP) is 4.59. The lowest BCUT2D eigenvalue weighted by Crippen LogP contribution is -2.53. The topological polar surface area (TPSA) is 70.4 Å². The summed E-state index contributed by atoms with van der Waals surface area (Å²) in [5.74, 6) is 0.785. The number of piperidine rings is 1. The second kappa shape index (κ2) is 8.07. The van der Waals surface area contributed by atoms with Crippen LogP contribution in [0.3, 0.4) is 0 Å². The molecule has 1 aliphatic carbocycles. The zero-order valence-electron chi connectivity index (χ0n) is 17.4. The van der Waals surface area contributed by atoms with Gasteiger partial charge in [0, 0.05) is 35.9 Å². The van der Waals surface area contributed by atoms with Gasteiger partial charge in [0.1, 0.15) is 0 Å². The van der Waals surface area contributed by atoms with Crippen LogP contribution in [0.4, 0.5) is 17.1 Å². The summed E-state index contributed by atoms with van der Waals surface area (Å²) in [6.07, 6.45) is 5.11. The molecule has 0 bridgehead atoms. The zero-order valence-corrected chi connectivity index (χ0v) is 17.4. The number of hydrogen-bond acceptors (Lipinski definition) is 4. The van der Waals surface area contributed by atoms with Crippen molar-refractivity contribution in [3.05, 3.63) is 54.1 Å². The van der Waals surface area contributed by atoms with Crippen molar-refractivity contribution in [2.75, 3.05) is 29.5 Å². The van der Waals surface area contributed by atoms with Gasteiger partial charge in [0.05, 0.1) is 11.4 Å². The summed E-state index contributed by atoms with van der Waals surface area (Å²) < 4.78 is 0. The standard InChI is InChI=1S/C24H32N4O/c1-24(2)15-20(13-14-28(24)16-17-7-8-17)26-19-11-9-18(10-12-19)23(29)27-22-6-4-3-5-21(22)25/h3-6,9-12,17,20,26H,7-8,13-16,25H2,1-2H3,(H,27,29). The maximum atomic E-state index is 12.5. The molecule has 0 radical (unpaired) electrons. The lowest BCUT2D eigenvalue weighted by Gasteiger charge is -2.46. The van der Waals surface area contributed by atoms with E-state index in [1.54, 1.807) is 12.1 Å². The van der Waals surface area contributed by atoms with Crippen LogP contribution < -0.4 is 16.4 Å². The van der Waals surface area contributed by atoms with Crippen LogP contribution in [0.15, 0.2) is 48.5 Å². The SMILES string of the molecule is CC1(C)CC(Nc2ccc(C(=O)Nc3ccccc3N)cc2)CCN1CC1CC1. The fourth-order valence-electron chi connectivity index (χ4n) is 4.28. The fraction of sp³-hybridized carbons (Fsp3) is 0.458. The van der Waals surface area contributed by atoms with Crippen molar-refractivity contribution in [3.63, 3.8) is 0 Å². The molecule has 4 rings (SSSR count). The van der Waals surface area contributed by atoms with Crippen molar-refractivity contribution in [2.24, 2.45) is 5.92 Å². The van der Waals surface area contributed by atoms with E-state index in [0.29, 0.717) is 23.0 Å². The molecular formula is C24H32N4O. The van der Waals surface area contributed by atoms with Gasteiger partial charge in [0.2, 0.25) is 0 Å². The molecule has 0 spiro atoms. The third-order valence-electron chi connectivity index (χ3n) is 6.25. The smallest absolute Gasteiger partial charge is 0.255 e. The first-order chi connectivity index (χ1) is 13.9. The Kier molecular flexibility index (Phi) is 5.50. The van der Waals surface area contributed by atoms with Gasteiger partial charge in [-0.2, -0.15) is 0 Å². The molecule has 5 nitrogen and oxygen atoms in total. The first-order valence-electron chi connectivity index (χ1n) is 10.7. The first-order valence-corrected chi connectivity index (χ1v) is 10.7. The molecule has 2 aromatic rings. The van der Waals surface area contributed by atoms with Crippen LogP contribution >= 0.6 is 0 Å². The molecule has 1 atom stereocenters. The highest BCUT2D eigenvalue weighted by Gasteiger charge is 2.37. The minimum atomic E-state index is -0.149. The van der Waals surface area contributed by atoms with Crippen molar-refractivity contribution in [1.29, 1.82) is 0 Å². The summed E-state index contributed by atoms with van der Waals surface area (Å²) >= 11 is 0. The number of benzene rings is 2. The number of likely N-dealkylation sites (tertiary alicyclic amines) is 1. The van der Waals surface area contributed by atoms with Crippen molar-refractivity contribution < 1.29 is 4.79 Å². The number of nitrogens with zero attached hydrogens (tertiary/aromatic N) is 1. The number of nitrogen functional groups attached to an aromatic ring is 1. The highest BCUT2D eigenvalue weighted by atomic mass is 16.1. The second-order valence-corrected chi connectivity index (χ2v) is 9.15. The Morgan fingerprint density at radius 2 is 1.83 bits per heavy atom. The number of anilines is 3. The van der Waals surface area contributed by atoms with Gasteiger partial charge < -0.3 is 16.4 Å². The number of carbonyl (C=O) groups is 1. The molecule has 4 N–H and O–H groups in total. The molecule has 1 unspecified atom stereocenters. The molecule has 5 heteroatoms. The van der Waals surface area contributed by atoms with Gasteiger partial charge in [-0.25, -0.2) is 0 Å². The van der Waals surface area contributed by atoms with Crippen LogP contribution in [-0.4, -0.2) is 35.5 Å². The minimum Gasteiger partial charge on any atom is -0.397 e. The van der Waals surface area contributed by atoms with E-state index in [4.69, 9.17) is 5.73 Å². The molecule has 1 heterocycles. The minimum absolute atomic E-state index is 0.149. The molecule has 2 aliphatic rings. The van der Waals surface area contributed by atoms with Gasteiger partial charge in [-0.15, -0.1) is 0 Å². The average Bonchev–Trinajstić information content (AvgIpc) is 3.50. The molecule has 29 heavy (non-hydrogen) atoms. The van der Waals surface area contributed by atoms with E-state index in [1.807, 2.05) is 36.4 Å². The molecule has 1 aliphatic heterocycles. The van der Waals surface area contributed by atoms with Gasteiger partial charge in [0.25, 0.3) is 5.91 Å². The molecule has 154 valence electrons. The Bertz CT molecular complexity index is 857. The number of para-hydroxylation sites is 2. The Labute approximate surface area is 173 Å². The molecular weight excluding hydrogens is 360 g/mol. The third kappa shape index (κ3) is 4.91. The molecule has 1 amide bonds. The van der Waals surface area contributed by atoms with Gasteiger partial charge in [-0.05, 0) is 81.8 Å². The Balaban J connectivity index is 1.33. The first kappa shape index (κ1) is 19.8. The Hall–Kier alpha value is -2.53. The lowest BCUT2D eigenvalue weighted by molar-refractivity contribution is 0.0660. The summed E-state index contributed by atoms with van der Waals surface area (Å²) in [5.41, 5.74) is 9.03. The van der Waals surface area contributed by atoms with Crippen molar-refractivity contribution >= 4 is 23.0 Å². The van der Waals surface area contributed by atoms with Crippen molar-refractivity contribution in [1.82, 2.24) is 4.90 Å². The number of nitrogens with two attached hydrogens (primary N) is 1. The van der Waals surface area contributed by atoms with Crippen molar-refractivity contribution in [3.8, 4) is 0 Å². The molecule has 1 saturated heterocycles. The number of amides is 1. The van der Waals surface area contributed by atoms with Crippen molar-refractivity contribution in [2.45, 2.75) is 51.1 Å². The van der Waals surface area contributed by atoms with Gasteiger partial charge in [0.15, 0.2) is 0 Å². The van der Waals surface area contributed by atoms with E-state index in [-0.39, 0.29) is 11.4 Å². The van der Waals surface area contributed by atoms with Crippen LogP contribution in [0.2, 0.25) is 0 Å². The van der Waals surface area contributed by atoms with E-state index >= 15 is 0 Å². The summed E-state index contributed by atoms with van der Waals surface area (Å²) in [7, 11) is 0. The maximum Gasteiger partial charge on any atom is 0.255 e.